The molecule has 3 nitrogen and oxygen atoms in total. The smallest absolute Gasteiger partial charge is 0.167 e. The van der Waals surface area contributed by atoms with Crippen LogP contribution >= 0.6 is 0 Å². The van der Waals surface area contributed by atoms with Gasteiger partial charge in [0.2, 0.25) is 0 Å². The van der Waals surface area contributed by atoms with Crippen LogP contribution in [0.15, 0.2) is 12.7 Å². The number of hydroxylamine groups is 4. The molecule has 0 aliphatic carbocycles. The van der Waals surface area contributed by atoms with Gasteiger partial charge in [0.1, 0.15) is 6.54 Å². The number of quaternary nitrogens is 1. The van der Waals surface area contributed by atoms with Gasteiger partial charge in [-0.3, -0.25) is 0 Å². The van der Waals surface area contributed by atoms with Crippen molar-refractivity contribution in [2.45, 2.75) is 19.9 Å². The van der Waals surface area contributed by atoms with Crippen LogP contribution < -0.4 is 0 Å². The van der Waals surface area contributed by atoms with Crippen molar-refractivity contribution in [1.29, 1.82) is 0 Å². The fraction of sp³-hybridized carbons (Fsp3) is 0.667. The first kappa shape index (κ1) is 8.62. The molecular formula is C6H14NO2+. The Hall–Kier alpha value is -0.380. The summed E-state index contributed by atoms with van der Waals surface area (Å²) in [6.07, 6.45) is 1.50. The number of likely N-dealkylation sites (N-methyl/N-ethyl adjacent to an activating group) is 1. The summed E-state index contributed by atoms with van der Waals surface area (Å²) in [5.74, 6) is 0. The lowest BCUT2D eigenvalue weighted by molar-refractivity contribution is -1.25. The van der Waals surface area contributed by atoms with E-state index in [0.29, 0.717) is 0 Å². The number of rotatable bonds is 3. The van der Waals surface area contributed by atoms with Crippen molar-refractivity contribution in [2.24, 2.45) is 0 Å². The van der Waals surface area contributed by atoms with Crippen molar-refractivity contribution in [3.63, 3.8) is 0 Å². The first-order chi connectivity index (χ1) is 4.04. The van der Waals surface area contributed by atoms with Gasteiger partial charge in [0.25, 0.3) is 0 Å². The molecule has 0 aromatic carbocycles. The van der Waals surface area contributed by atoms with E-state index in [2.05, 4.69) is 6.58 Å². The third kappa shape index (κ3) is 2.13. The summed E-state index contributed by atoms with van der Waals surface area (Å²) in [6.45, 7) is 7.10. The Kier molecular flexibility index (Phi) is 2.84. The minimum atomic E-state index is -0.969. The second-order valence-electron chi connectivity index (χ2n) is 2.08. The van der Waals surface area contributed by atoms with Gasteiger partial charge >= 0.3 is 0 Å². The highest BCUT2D eigenvalue weighted by atomic mass is 16.8. The molecule has 0 heterocycles. The zero-order chi connectivity index (χ0) is 7.49. The fourth-order valence-corrected chi connectivity index (χ4v) is 0.457. The van der Waals surface area contributed by atoms with Crippen molar-refractivity contribution < 1.29 is 15.2 Å². The van der Waals surface area contributed by atoms with Crippen LogP contribution in [0.4, 0.5) is 0 Å². The van der Waals surface area contributed by atoms with Crippen molar-refractivity contribution in [3.8, 4) is 0 Å². The normalized spacial score (nSPS) is 15.1. The van der Waals surface area contributed by atoms with Gasteiger partial charge in [0.15, 0.2) is 6.04 Å². The van der Waals surface area contributed by atoms with Crippen LogP contribution in [0.1, 0.15) is 13.8 Å². The standard InChI is InChI=1S/C6H14NO2/c1-4-6(3)7(8,9)5-2/h4,6,8-9H,1,5H2,2-3H3/q+1. The summed E-state index contributed by atoms with van der Waals surface area (Å²) < 4.78 is 0. The summed E-state index contributed by atoms with van der Waals surface area (Å²) in [4.78, 5) is -0.969. The zero-order valence-corrected chi connectivity index (χ0v) is 5.91. The van der Waals surface area contributed by atoms with E-state index in [1.165, 1.54) is 6.08 Å². The molecule has 0 saturated heterocycles. The molecule has 0 aliphatic heterocycles. The van der Waals surface area contributed by atoms with Crippen LogP contribution in [0, 0.1) is 0 Å². The van der Waals surface area contributed by atoms with Crippen LogP contribution in [0.3, 0.4) is 0 Å². The maximum Gasteiger partial charge on any atom is 0.167 e. The molecule has 0 radical (unpaired) electrons. The van der Waals surface area contributed by atoms with E-state index in [1.807, 2.05) is 0 Å². The number of hydrogen-bond donors (Lipinski definition) is 2. The van der Waals surface area contributed by atoms with Crippen molar-refractivity contribution in [1.82, 2.24) is 0 Å². The predicted molar refractivity (Wildman–Crippen MR) is 34.0 cm³/mol. The van der Waals surface area contributed by atoms with Gasteiger partial charge in [-0.15, -0.1) is 0 Å². The molecule has 0 spiro atoms. The van der Waals surface area contributed by atoms with Gasteiger partial charge < -0.3 is 0 Å². The lowest BCUT2D eigenvalue weighted by Crippen LogP contribution is -2.47. The van der Waals surface area contributed by atoms with Crippen LogP contribution in [-0.4, -0.2) is 27.8 Å². The Morgan fingerprint density at radius 3 is 2.22 bits per heavy atom. The summed E-state index contributed by atoms with van der Waals surface area (Å²) >= 11 is 0. The van der Waals surface area contributed by atoms with E-state index >= 15 is 0 Å². The van der Waals surface area contributed by atoms with Crippen molar-refractivity contribution in [3.05, 3.63) is 12.7 Å². The summed E-state index contributed by atoms with van der Waals surface area (Å²) in [6, 6.07) is -0.324. The van der Waals surface area contributed by atoms with Gasteiger partial charge in [-0.05, 0) is 24.7 Å². The quantitative estimate of drug-likeness (QED) is 0.344. The summed E-state index contributed by atoms with van der Waals surface area (Å²) in [7, 11) is 0. The summed E-state index contributed by atoms with van der Waals surface area (Å²) in [5.41, 5.74) is 0. The molecule has 1 atom stereocenters. The van der Waals surface area contributed by atoms with Crippen molar-refractivity contribution in [2.75, 3.05) is 6.54 Å². The van der Waals surface area contributed by atoms with Gasteiger partial charge in [-0.2, -0.15) is 10.4 Å². The molecule has 9 heavy (non-hydrogen) atoms. The third-order valence-corrected chi connectivity index (χ3v) is 1.46. The maximum absolute atomic E-state index is 9.01. The highest BCUT2D eigenvalue weighted by molar-refractivity contribution is 4.73. The molecule has 0 aliphatic rings. The fourth-order valence-electron chi connectivity index (χ4n) is 0.457. The Balaban J connectivity index is 3.95. The van der Waals surface area contributed by atoms with E-state index in [1.54, 1.807) is 13.8 Å². The predicted octanol–water partition coefficient (Wildman–Crippen LogP) is 1.18. The topological polar surface area (TPSA) is 40.5 Å². The Bertz CT molecular complexity index is 101. The maximum atomic E-state index is 9.01. The molecule has 54 valence electrons. The van der Waals surface area contributed by atoms with Crippen LogP contribution in [0.5, 0.6) is 0 Å². The lowest BCUT2D eigenvalue weighted by Gasteiger charge is -2.23. The minimum Gasteiger partial charge on any atom is -0.182 e. The van der Waals surface area contributed by atoms with Crippen LogP contribution in [0.25, 0.3) is 0 Å². The highest BCUT2D eigenvalue weighted by Gasteiger charge is 2.25. The van der Waals surface area contributed by atoms with E-state index in [9.17, 15) is 0 Å². The second-order valence-corrected chi connectivity index (χ2v) is 2.08. The van der Waals surface area contributed by atoms with E-state index in [-0.39, 0.29) is 12.6 Å². The van der Waals surface area contributed by atoms with E-state index in [0.717, 1.165) is 0 Å². The lowest BCUT2D eigenvalue weighted by atomic mass is 10.3. The number of hydrogen-bond acceptors (Lipinski definition) is 2. The van der Waals surface area contributed by atoms with Gasteiger partial charge in [-0.1, -0.05) is 6.58 Å². The molecule has 0 fully saturated rings. The van der Waals surface area contributed by atoms with Crippen LogP contribution in [0.2, 0.25) is 0 Å². The molecule has 0 bridgehead atoms. The Morgan fingerprint density at radius 1 is 1.67 bits per heavy atom. The third-order valence-electron chi connectivity index (χ3n) is 1.46. The second kappa shape index (κ2) is 2.96. The van der Waals surface area contributed by atoms with E-state index < -0.39 is 4.81 Å². The molecule has 1 unspecified atom stereocenters. The molecule has 3 heteroatoms. The zero-order valence-electron chi connectivity index (χ0n) is 5.91. The molecule has 0 rings (SSSR count). The first-order valence-corrected chi connectivity index (χ1v) is 3.00. The van der Waals surface area contributed by atoms with Crippen LogP contribution in [-0.2, 0) is 0 Å². The SMILES string of the molecule is C=CC(C)[N+](O)(O)CC. The van der Waals surface area contributed by atoms with Gasteiger partial charge in [-0.25, -0.2) is 0 Å². The average molecular weight is 132 g/mol. The molecule has 0 saturated carbocycles. The molecule has 2 N–H and O–H groups in total. The van der Waals surface area contributed by atoms with Crippen molar-refractivity contribution >= 4 is 0 Å². The Morgan fingerprint density at radius 2 is 2.11 bits per heavy atom. The molecule has 0 aromatic heterocycles. The monoisotopic (exact) mass is 132 g/mol. The average Bonchev–Trinajstić information content (AvgIpc) is 1.86. The van der Waals surface area contributed by atoms with E-state index in [4.69, 9.17) is 10.4 Å². The van der Waals surface area contributed by atoms with Gasteiger partial charge in [0, 0.05) is 0 Å². The highest BCUT2D eigenvalue weighted by Crippen LogP contribution is 2.04. The largest absolute Gasteiger partial charge is 0.182 e. The van der Waals surface area contributed by atoms with Gasteiger partial charge in [0.05, 0.1) is 0 Å². The summed E-state index contributed by atoms with van der Waals surface area (Å²) in [5, 5.41) is 18.0. The first-order valence-electron chi connectivity index (χ1n) is 3.00. The molecule has 0 aromatic rings. The number of nitrogens with zero attached hydrogens (tertiary/aromatic N) is 1. The molecule has 0 amide bonds. The molecular weight excluding hydrogens is 118 g/mol. The minimum absolute atomic E-state index is 0.271. The Labute approximate surface area is 55.3 Å².